The number of anilines is 4. The highest BCUT2D eigenvalue weighted by molar-refractivity contribution is 6.10. The lowest BCUT2D eigenvalue weighted by molar-refractivity contribution is -0.119. The Labute approximate surface area is 692 Å². The number of hydrogen-bond acceptors (Lipinski definition) is 26. The lowest BCUT2D eigenvalue weighted by Crippen LogP contribution is -2.41. The van der Waals surface area contributed by atoms with Crippen LogP contribution in [0.15, 0.2) is 190 Å². The van der Waals surface area contributed by atoms with Crippen LogP contribution in [0.3, 0.4) is 0 Å². The molecule has 14 rings (SSSR count). The van der Waals surface area contributed by atoms with E-state index < -0.39 is 17.1 Å². The van der Waals surface area contributed by atoms with Crippen molar-refractivity contribution in [1.29, 1.82) is 0 Å². The molecule has 120 heavy (non-hydrogen) atoms. The number of aryl methyl sites for hydroxylation is 1. The van der Waals surface area contributed by atoms with Crippen molar-refractivity contribution in [3.05, 3.63) is 218 Å². The summed E-state index contributed by atoms with van der Waals surface area (Å²) in [6.07, 6.45) is 26.4. The van der Waals surface area contributed by atoms with Gasteiger partial charge in [-0.15, -0.1) is 0 Å². The number of nitrogens with one attached hydrogen (secondary N) is 5. The van der Waals surface area contributed by atoms with Crippen LogP contribution in [0.25, 0.3) is 43.6 Å². The van der Waals surface area contributed by atoms with E-state index in [-0.39, 0.29) is 71.9 Å². The summed E-state index contributed by atoms with van der Waals surface area (Å²) in [6, 6.07) is 31.0. The Morgan fingerprint density at radius 2 is 0.767 bits per heavy atom. The van der Waals surface area contributed by atoms with Crippen molar-refractivity contribution < 1.29 is 67.1 Å². The molecule has 7 amide bonds. The molecule has 10 heterocycles. The number of aliphatic hydroxyl groups is 1. The zero-order valence-corrected chi connectivity index (χ0v) is 67.9. The number of aromatic nitrogens is 12. The summed E-state index contributed by atoms with van der Waals surface area (Å²) in [7, 11) is 0. The Bertz CT molecular complexity index is 5480. The first kappa shape index (κ1) is 86.7. The van der Waals surface area contributed by atoms with Crippen LogP contribution in [-0.4, -0.2) is 193 Å². The summed E-state index contributed by atoms with van der Waals surface area (Å²) < 4.78 is 34.2. The predicted octanol–water partition coefficient (Wildman–Crippen LogP) is 13.1. The molecule has 0 unspecified atom stereocenters. The molecule has 0 saturated carbocycles. The van der Waals surface area contributed by atoms with Gasteiger partial charge >= 0.3 is 12.2 Å². The van der Waals surface area contributed by atoms with Crippen molar-refractivity contribution in [3.63, 3.8) is 0 Å². The van der Waals surface area contributed by atoms with Gasteiger partial charge in [-0.1, -0.05) is 24.3 Å². The summed E-state index contributed by atoms with van der Waals surface area (Å²) in [5.74, 6) is 1.79. The molecule has 8 aromatic heterocycles. The van der Waals surface area contributed by atoms with Gasteiger partial charge < -0.3 is 69.9 Å². The monoisotopic (exact) mass is 1630 g/mol. The van der Waals surface area contributed by atoms with Crippen molar-refractivity contribution in [1.82, 2.24) is 74.9 Å². The first-order chi connectivity index (χ1) is 57.9. The Morgan fingerprint density at radius 3 is 1.11 bits per heavy atom. The number of amides is 7. The lowest BCUT2D eigenvalue weighted by atomic mass is 9.94. The van der Waals surface area contributed by atoms with Crippen LogP contribution >= 0.6 is 0 Å². The molecule has 0 aliphatic carbocycles. The van der Waals surface area contributed by atoms with Gasteiger partial charge in [-0.05, 0) is 153 Å². The van der Waals surface area contributed by atoms with Gasteiger partial charge in [0.25, 0.3) is 23.6 Å². The zero-order chi connectivity index (χ0) is 85.0. The van der Waals surface area contributed by atoms with Gasteiger partial charge in [0.2, 0.25) is 11.7 Å². The average Bonchev–Trinajstić information content (AvgIpc) is 0.819. The number of likely N-dealkylation sites (tertiary alicyclic amines) is 2. The summed E-state index contributed by atoms with van der Waals surface area (Å²) in [5, 5.41) is 26.2. The topological polar surface area (TPSA) is 416 Å². The number of pyridine rings is 4. The van der Waals surface area contributed by atoms with Crippen LogP contribution in [0.4, 0.5) is 32.3 Å². The fraction of sp³-hybridized carbons (Fsp3) is 0.322. The minimum Gasteiger partial charge on any atom is -0.493 e. The molecule has 2 fully saturated rings. The first-order valence-corrected chi connectivity index (χ1v) is 39.1. The third kappa shape index (κ3) is 26.2. The second-order valence-electron chi connectivity index (χ2n) is 29.8. The number of benzene rings is 4. The molecule has 0 spiro atoms. The Kier molecular flexibility index (Phi) is 30.5. The number of rotatable bonds is 23. The van der Waals surface area contributed by atoms with Crippen LogP contribution in [0, 0.1) is 18.8 Å². The van der Waals surface area contributed by atoms with E-state index in [4.69, 9.17) is 33.5 Å². The fourth-order valence-corrected chi connectivity index (χ4v) is 12.6. The minimum atomic E-state index is -0.483. The molecular formula is C87H95N19O14. The van der Waals surface area contributed by atoms with E-state index in [2.05, 4.69) is 86.4 Å². The first-order valence-electron chi connectivity index (χ1n) is 39.1. The summed E-state index contributed by atoms with van der Waals surface area (Å²) in [5.41, 5.74) is 5.14. The quantitative estimate of drug-likeness (QED) is 0.0324. The number of piperidine rings is 2. The van der Waals surface area contributed by atoms with Gasteiger partial charge in [0.1, 0.15) is 64.5 Å². The second-order valence-corrected chi connectivity index (χ2v) is 29.8. The summed E-state index contributed by atoms with van der Waals surface area (Å²) >= 11 is 0. The maximum Gasteiger partial charge on any atom is 0.410 e. The number of hydrogen-bond donors (Lipinski definition) is 6. The number of carbonyl (C=O) groups excluding carboxylic acids is 7. The van der Waals surface area contributed by atoms with Crippen LogP contribution in [-0.2, 0) is 14.3 Å². The van der Waals surface area contributed by atoms with E-state index >= 15 is 0 Å². The van der Waals surface area contributed by atoms with Crippen molar-refractivity contribution in [2.75, 3.05) is 87.0 Å². The van der Waals surface area contributed by atoms with Crippen molar-refractivity contribution in [2.45, 2.75) is 105 Å². The SMILES string of the molecule is CC(=O)NCCOc1cc(NC(=O)c2cnccn2)c2ncccc2c1.CC(C)(C)OC(=O)N1CCC(CCOc2cc(NC(=O)c3ncccn3)c3ncccc3c2)CC1.Cc1cnc(C(=O)Nc2cc(OCCC3CCN(C(=O)OC(C)(C)C)CC3)cc3cccnc23)cn1.O=C(Nc1cc(OCCO)cc2cccnc12)c1cnccn1. The molecule has 33 heteroatoms. The van der Waals surface area contributed by atoms with Gasteiger partial charge in [0.05, 0.1) is 95.5 Å². The van der Waals surface area contributed by atoms with Gasteiger partial charge in [-0.25, -0.2) is 34.5 Å². The number of carbonyl (C=O) groups is 7. The normalized spacial score (nSPS) is 12.8. The molecule has 6 N–H and O–H groups in total. The average molecular weight is 1630 g/mol. The molecule has 33 nitrogen and oxygen atoms in total. The number of fused-ring (bicyclic) bond motifs is 4. The van der Waals surface area contributed by atoms with Crippen LogP contribution in [0.5, 0.6) is 23.0 Å². The van der Waals surface area contributed by atoms with Crippen molar-refractivity contribution in [2.24, 2.45) is 11.8 Å². The molecular weight excluding hydrogens is 1540 g/mol. The van der Waals surface area contributed by atoms with E-state index in [1.54, 1.807) is 89.3 Å². The molecule has 622 valence electrons. The highest BCUT2D eigenvalue weighted by Gasteiger charge is 2.29. The Hall–Kier alpha value is -14.1. The van der Waals surface area contributed by atoms with Crippen molar-refractivity contribution >= 4 is 108 Å². The summed E-state index contributed by atoms with van der Waals surface area (Å²) in [4.78, 5) is 138. The largest absolute Gasteiger partial charge is 0.493 e. The van der Waals surface area contributed by atoms with E-state index in [1.165, 1.54) is 62.7 Å². The molecule has 2 aliphatic rings. The van der Waals surface area contributed by atoms with Crippen molar-refractivity contribution in [3.8, 4) is 23.0 Å². The van der Waals surface area contributed by atoms with E-state index in [0.717, 1.165) is 65.8 Å². The molecule has 2 saturated heterocycles. The molecule has 12 aromatic rings. The third-order valence-electron chi connectivity index (χ3n) is 18.3. The van der Waals surface area contributed by atoms with Gasteiger partial charge in [0.15, 0.2) is 0 Å². The second kappa shape index (κ2) is 42.1. The van der Waals surface area contributed by atoms with Gasteiger partial charge in [-0.3, -0.25) is 58.9 Å². The highest BCUT2D eigenvalue weighted by Crippen LogP contribution is 2.34. The molecule has 2 aliphatic heterocycles. The summed E-state index contributed by atoms with van der Waals surface area (Å²) in [6.45, 7) is 19.2. The van der Waals surface area contributed by atoms with Crippen LogP contribution in [0.1, 0.15) is 135 Å². The number of aliphatic hydroxyl groups excluding tert-OH is 1. The lowest BCUT2D eigenvalue weighted by Gasteiger charge is -2.33. The van der Waals surface area contributed by atoms with E-state index in [0.29, 0.717) is 132 Å². The van der Waals surface area contributed by atoms with Crippen LogP contribution < -0.4 is 45.5 Å². The smallest absolute Gasteiger partial charge is 0.410 e. The van der Waals surface area contributed by atoms with E-state index in [9.17, 15) is 33.6 Å². The number of ether oxygens (including phenoxy) is 6. The van der Waals surface area contributed by atoms with E-state index in [1.807, 2.05) is 103 Å². The molecule has 4 aromatic carbocycles. The highest BCUT2D eigenvalue weighted by atomic mass is 16.6. The molecule has 0 atom stereocenters. The molecule has 0 bridgehead atoms. The zero-order valence-electron chi connectivity index (χ0n) is 67.9. The third-order valence-corrected chi connectivity index (χ3v) is 18.3. The van der Waals surface area contributed by atoms with Gasteiger partial charge in [0, 0.05) is 147 Å². The predicted molar refractivity (Wildman–Crippen MR) is 450 cm³/mol. The van der Waals surface area contributed by atoms with Gasteiger partial charge in [-0.2, -0.15) is 0 Å². The fourth-order valence-electron chi connectivity index (χ4n) is 12.6. The number of nitrogens with zero attached hydrogens (tertiary/aromatic N) is 14. The minimum absolute atomic E-state index is 0.0839. The Morgan fingerprint density at radius 1 is 0.408 bits per heavy atom. The molecule has 0 radical (unpaired) electrons. The maximum atomic E-state index is 12.7. The Balaban J connectivity index is 0.000000159. The van der Waals surface area contributed by atoms with Crippen LogP contribution in [0.2, 0.25) is 0 Å². The maximum absolute atomic E-state index is 12.7. The standard InChI is InChI=1S/C27H33N5O4.C26H31N5O4.C18H17N5O3.C16H14N4O3/c1-18-16-30-23(17-29-18)25(33)31-22-15-21(14-20-6-5-10-28-24(20)22)35-13-9-19-7-11-32(12-8-19)26(34)36-27(2,3)4;1-26(2,3)35-25(33)31-13-7-18(8-14-31)9-15-34-20-16-19-6-4-10-27-22(19)21(17-20)30-24(32)23-28-11-5-12-29-23;1-12(24)20-7-8-26-14-9-13-3-2-4-22-17(13)15(10-14)23-18(25)16-11-19-5-6-21-16;21-6-7-23-12-8-11-2-1-3-19-15(11)13(9-12)20-16(22)14-10-17-4-5-18-14/h5-6,10,14-17,19H,7-9,11-13H2,1-4H3,(H,31,33);4-6,10-12,16-18H,7-9,13-15H2,1-3H3,(H,30,32);2-6,9-11H,7-8H2,1H3,(H,20,24)(H,23,25);1-5,8-10,21H,6-7H2,(H,20,22).